The average Bonchev–Trinajstić information content (AvgIpc) is 3.23. The number of morpholine rings is 1. The zero-order valence-electron chi connectivity index (χ0n) is 15.4. The van der Waals surface area contributed by atoms with Gasteiger partial charge in [-0.1, -0.05) is 6.07 Å². The molecule has 4 heterocycles. The Bertz CT molecular complexity index is 877. The van der Waals surface area contributed by atoms with Gasteiger partial charge in [-0.05, 0) is 32.2 Å². The van der Waals surface area contributed by atoms with Crippen molar-refractivity contribution in [1.82, 2.24) is 14.9 Å². The van der Waals surface area contributed by atoms with Crippen molar-refractivity contribution in [3.63, 3.8) is 0 Å². The fraction of sp³-hybridized carbons (Fsp3) is 0.474. The number of nitrogens with zero attached hydrogens (tertiary/aromatic N) is 3. The number of nitrogens with one attached hydrogen (secondary N) is 1. The Morgan fingerprint density at radius 2 is 2.00 bits per heavy atom. The second-order valence-electron chi connectivity index (χ2n) is 7.56. The minimum Gasteiger partial charge on any atom is -0.379 e. The summed E-state index contributed by atoms with van der Waals surface area (Å²) in [6, 6.07) is 4.25. The molecule has 1 aliphatic heterocycles. The Morgan fingerprint density at radius 3 is 2.69 bits per heavy atom. The number of anilines is 1. The van der Waals surface area contributed by atoms with Crippen molar-refractivity contribution in [2.24, 2.45) is 0 Å². The summed E-state index contributed by atoms with van der Waals surface area (Å²) in [7, 11) is 0. The third-order valence-electron chi connectivity index (χ3n) is 4.23. The van der Waals surface area contributed by atoms with Gasteiger partial charge in [0.15, 0.2) is 0 Å². The fourth-order valence-corrected chi connectivity index (χ4v) is 4.86. The quantitative estimate of drug-likeness (QED) is 0.715. The van der Waals surface area contributed by atoms with Gasteiger partial charge in [0.25, 0.3) is 0 Å². The first-order valence-corrected chi connectivity index (χ1v) is 10.7. The lowest BCUT2D eigenvalue weighted by molar-refractivity contribution is 0.0331. The van der Waals surface area contributed by atoms with Gasteiger partial charge >= 0.3 is 0 Å². The number of rotatable bonds is 4. The molecule has 3 aromatic rings. The van der Waals surface area contributed by atoms with Crippen LogP contribution in [0.3, 0.4) is 0 Å². The summed E-state index contributed by atoms with van der Waals surface area (Å²) < 4.78 is 5.45. The molecule has 0 unspecified atom stereocenters. The molecule has 1 fully saturated rings. The first-order valence-electron chi connectivity index (χ1n) is 8.90. The lowest BCUT2D eigenvalue weighted by atomic mass is 10.1. The molecule has 1 aliphatic rings. The molecule has 0 atom stereocenters. The van der Waals surface area contributed by atoms with E-state index in [1.807, 2.05) is 0 Å². The summed E-state index contributed by atoms with van der Waals surface area (Å²) in [5.41, 5.74) is 1.16. The van der Waals surface area contributed by atoms with Crippen LogP contribution in [-0.4, -0.2) is 46.7 Å². The van der Waals surface area contributed by atoms with E-state index in [-0.39, 0.29) is 5.54 Å². The Morgan fingerprint density at radius 1 is 1.19 bits per heavy atom. The van der Waals surface area contributed by atoms with Crippen LogP contribution in [0.2, 0.25) is 0 Å². The molecule has 0 bridgehead atoms. The van der Waals surface area contributed by atoms with E-state index in [9.17, 15) is 0 Å². The molecular weight excluding hydrogens is 364 g/mol. The average molecular weight is 389 g/mol. The van der Waals surface area contributed by atoms with Gasteiger partial charge in [0.1, 0.15) is 16.5 Å². The minimum atomic E-state index is -0.0633. The summed E-state index contributed by atoms with van der Waals surface area (Å²) in [5.74, 6) is 1.82. The van der Waals surface area contributed by atoms with Crippen LogP contribution >= 0.6 is 22.7 Å². The minimum absolute atomic E-state index is 0.0633. The molecule has 0 saturated carbocycles. The molecule has 1 saturated heterocycles. The molecule has 26 heavy (non-hydrogen) atoms. The van der Waals surface area contributed by atoms with Gasteiger partial charge < -0.3 is 10.1 Å². The smallest absolute Gasteiger partial charge is 0.146 e. The predicted molar refractivity (Wildman–Crippen MR) is 110 cm³/mol. The zero-order chi connectivity index (χ0) is 18.1. The largest absolute Gasteiger partial charge is 0.379 e. The predicted octanol–water partition coefficient (Wildman–Crippen LogP) is 4.46. The molecule has 4 rings (SSSR count). The van der Waals surface area contributed by atoms with Crippen LogP contribution in [0.15, 0.2) is 22.9 Å². The highest BCUT2D eigenvalue weighted by Gasteiger charge is 2.21. The summed E-state index contributed by atoms with van der Waals surface area (Å²) in [6.45, 7) is 10.7. The van der Waals surface area contributed by atoms with Crippen LogP contribution in [0.4, 0.5) is 5.82 Å². The standard InChI is InChI=1S/C19H24N4OS2/c1-19(2,3)22-17-16-13(14-5-4-10-25-14)12-26-18(16)21-15(20-17)11-23-6-8-24-9-7-23/h4-5,10,12H,6-9,11H2,1-3H3,(H,20,21,22). The Hall–Kier alpha value is -1.54. The molecule has 1 N–H and O–H groups in total. The summed E-state index contributed by atoms with van der Waals surface area (Å²) in [6.07, 6.45) is 0. The van der Waals surface area contributed by atoms with Crippen LogP contribution in [0.5, 0.6) is 0 Å². The highest BCUT2D eigenvalue weighted by molar-refractivity contribution is 7.18. The van der Waals surface area contributed by atoms with E-state index in [2.05, 4.69) is 53.9 Å². The zero-order valence-corrected chi connectivity index (χ0v) is 17.0. The summed E-state index contributed by atoms with van der Waals surface area (Å²) in [4.78, 5) is 14.5. The first kappa shape index (κ1) is 17.9. The van der Waals surface area contributed by atoms with Gasteiger partial charge in [-0.15, -0.1) is 22.7 Å². The van der Waals surface area contributed by atoms with E-state index in [0.29, 0.717) is 0 Å². The molecule has 0 amide bonds. The van der Waals surface area contributed by atoms with Crippen LogP contribution in [-0.2, 0) is 11.3 Å². The van der Waals surface area contributed by atoms with Crippen molar-refractivity contribution < 1.29 is 4.74 Å². The van der Waals surface area contributed by atoms with Crippen molar-refractivity contribution in [1.29, 1.82) is 0 Å². The van der Waals surface area contributed by atoms with Crippen molar-refractivity contribution in [3.8, 4) is 10.4 Å². The van der Waals surface area contributed by atoms with Gasteiger partial charge in [0.05, 0.1) is 25.1 Å². The number of aromatic nitrogens is 2. The second kappa shape index (κ2) is 7.23. The maximum absolute atomic E-state index is 5.45. The van der Waals surface area contributed by atoms with Gasteiger partial charge in [-0.25, -0.2) is 9.97 Å². The maximum Gasteiger partial charge on any atom is 0.146 e. The Labute approximate surface area is 162 Å². The summed E-state index contributed by atoms with van der Waals surface area (Å²) >= 11 is 3.46. The molecular formula is C19H24N4OS2. The Kier molecular flexibility index (Phi) is 4.96. The fourth-order valence-electron chi connectivity index (χ4n) is 3.07. The highest BCUT2D eigenvalue weighted by Crippen LogP contribution is 2.39. The number of hydrogen-bond acceptors (Lipinski definition) is 7. The molecule has 0 radical (unpaired) electrons. The first-order chi connectivity index (χ1) is 12.5. The van der Waals surface area contributed by atoms with E-state index in [4.69, 9.17) is 14.7 Å². The lowest BCUT2D eigenvalue weighted by Gasteiger charge is -2.26. The molecule has 138 valence electrons. The topological polar surface area (TPSA) is 50.3 Å². The van der Waals surface area contributed by atoms with Crippen molar-refractivity contribution >= 4 is 38.7 Å². The van der Waals surface area contributed by atoms with Crippen molar-refractivity contribution in [2.45, 2.75) is 32.9 Å². The van der Waals surface area contributed by atoms with Crippen LogP contribution in [0.1, 0.15) is 26.6 Å². The van der Waals surface area contributed by atoms with Gasteiger partial charge in [0, 0.05) is 34.4 Å². The SMILES string of the molecule is CC(C)(C)Nc1nc(CN2CCOCC2)nc2scc(-c3cccs3)c12. The van der Waals surface area contributed by atoms with Crippen molar-refractivity contribution in [2.75, 3.05) is 31.6 Å². The molecule has 7 heteroatoms. The maximum atomic E-state index is 5.45. The van der Waals surface area contributed by atoms with Crippen LogP contribution in [0.25, 0.3) is 20.7 Å². The molecule has 5 nitrogen and oxygen atoms in total. The monoisotopic (exact) mass is 388 g/mol. The normalized spacial score (nSPS) is 16.3. The number of thiophene rings is 2. The van der Waals surface area contributed by atoms with E-state index in [1.165, 1.54) is 10.4 Å². The summed E-state index contributed by atoms with van der Waals surface area (Å²) in [5, 5.41) is 9.06. The van der Waals surface area contributed by atoms with Crippen LogP contribution < -0.4 is 5.32 Å². The number of hydrogen-bond donors (Lipinski definition) is 1. The second-order valence-corrected chi connectivity index (χ2v) is 9.36. The van der Waals surface area contributed by atoms with E-state index in [1.54, 1.807) is 22.7 Å². The molecule has 3 aromatic heterocycles. The van der Waals surface area contributed by atoms with E-state index in [0.717, 1.165) is 54.7 Å². The van der Waals surface area contributed by atoms with Gasteiger partial charge in [0.2, 0.25) is 0 Å². The van der Waals surface area contributed by atoms with Crippen LogP contribution in [0, 0.1) is 0 Å². The van der Waals surface area contributed by atoms with E-state index < -0.39 is 0 Å². The number of ether oxygens (including phenoxy) is 1. The molecule has 0 spiro atoms. The highest BCUT2D eigenvalue weighted by atomic mass is 32.1. The van der Waals surface area contributed by atoms with Gasteiger partial charge in [-0.2, -0.15) is 0 Å². The third-order valence-corrected chi connectivity index (χ3v) is 6.00. The Balaban J connectivity index is 1.76. The van der Waals surface area contributed by atoms with Crippen molar-refractivity contribution in [3.05, 3.63) is 28.7 Å². The lowest BCUT2D eigenvalue weighted by Crippen LogP contribution is -2.36. The molecule has 0 aliphatic carbocycles. The van der Waals surface area contributed by atoms with Gasteiger partial charge in [-0.3, -0.25) is 4.90 Å². The van der Waals surface area contributed by atoms with E-state index >= 15 is 0 Å². The third kappa shape index (κ3) is 3.91. The molecule has 0 aromatic carbocycles. The number of fused-ring (bicyclic) bond motifs is 1.